The number of aromatic nitrogens is 2. The summed E-state index contributed by atoms with van der Waals surface area (Å²) in [6.45, 7) is 5.11. The van der Waals surface area contributed by atoms with Crippen molar-refractivity contribution in [3.63, 3.8) is 0 Å². The van der Waals surface area contributed by atoms with Gasteiger partial charge in [-0.05, 0) is 36.1 Å². The smallest absolute Gasteiger partial charge is 0.255 e. The van der Waals surface area contributed by atoms with Crippen LogP contribution in [-0.4, -0.2) is 39.3 Å². The lowest BCUT2D eigenvalue weighted by atomic mass is 10.0. The molecule has 1 aromatic heterocycles. The molecule has 2 amide bonds. The zero-order valence-electron chi connectivity index (χ0n) is 16.8. The Labute approximate surface area is 170 Å². The van der Waals surface area contributed by atoms with Gasteiger partial charge in [0.1, 0.15) is 11.9 Å². The zero-order valence-corrected chi connectivity index (χ0v) is 16.8. The number of rotatable bonds is 7. The van der Waals surface area contributed by atoms with Gasteiger partial charge in [-0.1, -0.05) is 44.2 Å². The first kappa shape index (κ1) is 19.2. The average Bonchev–Trinajstić information content (AvgIpc) is 3.27. The first-order chi connectivity index (χ1) is 14.0. The van der Waals surface area contributed by atoms with Crippen LogP contribution in [0.4, 0.5) is 0 Å². The van der Waals surface area contributed by atoms with Gasteiger partial charge in [0.2, 0.25) is 5.91 Å². The molecule has 150 valence electrons. The number of nitrogens with one attached hydrogen (secondary N) is 2. The van der Waals surface area contributed by atoms with Gasteiger partial charge in [-0.3, -0.25) is 9.59 Å². The van der Waals surface area contributed by atoms with Crippen molar-refractivity contribution in [3.05, 3.63) is 65.5 Å². The standard InChI is InChI=1S/C23H26N4O2/c1-15(2)13-20(27-14-16-7-3-4-8-17(16)23(27)29)22(28)24-12-11-21-25-18-9-5-6-10-19(18)26-21/h3-10,15,20H,11-14H2,1-2H3,(H,24,28)(H,25,26)/t20-/m0/s1. The second kappa shape index (κ2) is 8.07. The normalized spacial score (nSPS) is 14.4. The lowest BCUT2D eigenvalue weighted by molar-refractivity contribution is -0.126. The van der Waals surface area contributed by atoms with Gasteiger partial charge in [0.05, 0.1) is 11.0 Å². The maximum Gasteiger partial charge on any atom is 0.255 e. The summed E-state index contributed by atoms with van der Waals surface area (Å²) >= 11 is 0. The summed E-state index contributed by atoms with van der Waals surface area (Å²) in [5.41, 5.74) is 3.61. The molecule has 1 atom stereocenters. The van der Waals surface area contributed by atoms with Crippen LogP contribution in [-0.2, 0) is 17.8 Å². The van der Waals surface area contributed by atoms with Crippen LogP contribution < -0.4 is 5.32 Å². The highest BCUT2D eigenvalue weighted by molar-refractivity contribution is 6.01. The third-order valence-corrected chi connectivity index (χ3v) is 5.32. The Balaban J connectivity index is 1.42. The van der Waals surface area contributed by atoms with Crippen molar-refractivity contribution in [1.82, 2.24) is 20.2 Å². The molecule has 0 saturated heterocycles. The predicted octanol–water partition coefficient (Wildman–Crippen LogP) is 3.29. The number of imidazole rings is 1. The fourth-order valence-corrected chi connectivity index (χ4v) is 3.90. The Hall–Kier alpha value is -3.15. The molecule has 0 fully saturated rings. The SMILES string of the molecule is CC(C)C[C@@H](C(=O)NCCc1nc2ccccc2[nH]1)N1Cc2ccccc2C1=O. The van der Waals surface area contributed by atoms with E-state index in [0.29, 0.717) is 37.4 Å². The van der Waals surface area contributed by atoms with E-state index in [1.807, 2.05) is 48.5 Å². The van der Waals surface area contributed by atoms with Crippen molar-refractivity contribution in [2.24, 2.45) is 5.92 Å². The van der Waals surface area contributed by atoms with Gasteiger partial charge in [-0.2, -0.15) is 0 Å². The van der Waals surface area contributed by atoms with Gasteiger partial charge in [0, 0.05) is 25.1 Å². The fourth-order valence-electron chi connectivity index (χ4n) is 3.90. The van der Waals surface area contributed by atoms with Gasteiger partial charge in [0.25, 0.3) is 5.91 Å². The van der Waals surface area contributed by atoms with E-state index in [0.717, 1.165) is 22.4 Å². The number of aromatic amines is 1. The van der Waals surface area contributed by atoms with E-state index in [2.05, 4.69) is 29.1 Å². The number of fused-ring (bicyclic) bond motifs is 2. The first-order valence-corrected chi connectivity index (χ1v) is 10.1. The minimum atomic E-state index is -0.467. The third kappa shape index (κ3) is 4.01. The molecule has 2 aromatic carbocycles. The van der Waals surface area contributed by atoms with Crippen molar-refractivity contribution in [3.8, 4) is 0 Å². The highest BCUT2D eigenvalue weighted by Crippen LogP contribution is 2.26. The number of amides is 2. The Kier molecular flexibility index (Phi) is 5.34. The Morgan fingerprint density at radius 1 is 1.17 bits per heavy atom. The average molecular weight is 390 g/mol. The van der Waals surface area contributed by atoms with Crippen molar-refractivity contribution >= 4 is 22.8 Å². The molecule has 0 saturated carbocycles. The summed E-state index contributed by atoms with van der Waals surface area (Å²) in [7, 11) is 0. The van der Waals surface area contributed by atoms with Crippen LogP contribution in [0.5, 0.6) is 0 Å². The third-order valence-electron chi connectivity index (χ3n) is 5.32. The van der Waals surface area contributed by atoms with E-state index in [1.54, 1.807) is 4.90 Å². The maximum atomic E-state index is 13.0. The van der Waals surface area contributed by atoms with Crippen LogP contribution in [0.15, 0.2) is 48.5 Å². The number of carbonyl (C=O) groups is 2. The van der Waals surface area contributed by atoms with E-state index >= 15 is 0 Å². The molecule has 0 radical (unpaired) electrons. The van der Waals surface area contributed by atoms with E-state index in [1.165, 1.54) is 0 Å². The Bertz CT molecular complexity index is 1010. The number of benzene rings is 2. The molecule has 4 rings (SSSR count). The second-order valence-electron chi connectivity index (χ2n) is 7.98. The van der Waals surface area contributed by atoms with Gasteiger partial charge in [-0.15, -0.1) is 0 Å². The molecule has 0 spiro atoms. The highest BCUT2D eigenvalue weighted by atomic mass is 16.2. The molecule has 2 heterocycles. The molecule has 1 aliphatic heterocycles. The van der Waals surface area contributed by atoms with E-state index in [4.69, 9.17) is 0 Å². The van der Waals surface area contributed by atoms with Crippen LogP contribution in [0, 0.1) is 5.92 Å². The van der Waals surface area contributed by atoms with Gasteiger partial charge >= 0.3 is 0 Å². The molecular formula is C23H26N4O2. The second-order valence-corrected chi connectivity index (χ2v) is 7.98. The van der Waals surface area contributed by atoms with Crippen LogP contribution >= 0.6 is 0 Å². The van der Waals surface area contributed by atoms with Crippen LogP contribution in [0.3, 0.4) is 0 Å². The number of hydrogen-bond acceptors (Lipinski definition) is 3. The molecule has 0 aliphatic carbocycles. The fraction of sp³-hybridized carbons (Fsp3) is 0.348. The van der Waals surface area contributed by atoms with Crippen molar-refractivity contribution in [2.45, 2.75) is 39.3 Å². The monoisotopic (exact) mass is 390 g/mol. The van der Waals surface area contributed by atoms with E-state index in [9.17, 15) is 9.59 Å². The highest BCUT2D eigenvalue weighted by Gasteiger charge is 2.36. The predicted molar refractivity (Wildman–Crippen MR) is 112 cm³/mol. The minimum Gasteiger partial charge on any atom is -0.354 e. The van der Waals surface area contributed by atoms with Crippen LogP contribution in [0.1, 0.15) is 42.0 Å². The summed E-state index contributed by atoms with van der Waals surface area (Å²) < 4.78 is 0. The summed E-state index contributed by atoms with van der Waals surface area (Å²) in [5.74, 6) is 0.990. The number of carbonyl (C=O) groups excluding carboxylic acids is 2. The van der Waals surface area contributed by atoms with Crippen LogP contribution in [0.25, 0.3) is 11.0 Å². The number of H-pyrrole nitrogens is 1. The zero-order chi connectivity index (χ0) is 20.4. The number of hydrogen-bond donors (Lipinski definition) is 2. The lowest BCUT2D eigenvalue weighted by Gasteiger charge is -2.28. The lowest BCUT2D eigenvalue weighted by Crippen LogP contribution is -2.48. The molecule has 2 N–H and O–H groups in total. The van der Waals surface area contributed by atoms with Gasteiger partial charge in [-0.25, -0.2) is 4.98 Å². The molecule has 29 heavy (non-hydrogen) atoms. The topological polar surface area (TPSA) is 78.1 Å². The molecule has 0 bridgehead atoms. The van der Waals surface area contributed by atoms with Crippen molar-refractivity contribution < 1.29 is 9.59 Å². The summed E-state index contributed by atoms with van der Waals surface area (Å²) in [6.07, 6.45) is 1.25. The summed E-state index contributed by atoms with van der Waals surface area (Å²) in [4.78, 5) is 35.4. The van der Waals surface area contributed by atoms with Crippen molar-refractivity contribution in [1.29, 1.82) is 0 Å². The number of para-hydroxylation sites is 2. The summed E-state index contributed by atoms with van der Waals surface area (Å²) in [5, 5.41) is 3.01. The molecule has 6 heteroatoms. The number of nitrogens with zero attached hydrogens (tertiary/aromatic N) is 2. The van der Waals surface area contributed by atoms with Crippen molar-refractivity contribution in [2.75, 3.05) is 6.54 Å². The van der Waals surface area contributed by atoms with E-state index in [-0.39, 0.29) is 11.8 Å². The molecule has 1 aliphatic rings. The molecule has 6 nitrogen and oxygen atoms in total. The maximum absolute atomic E-state index is 13.0. The molecular weight excluding hydrogens is 364 g/mol. The molecule has 0 unspecified atom stereocenters. The van der Waals surface area contributed by atoms with Gasteiger partial charge in [0.15, 0.2) is 0 Å². The molecule has 3 aromatic rings. The first-order valence-electron chi connectivity index (χ1n) is 10.1. The van der Waals surface area contributed by atoms with E-state index < -0.39 is 6.04 Å². The quantitative estimate of drug-likeness (QED) is 0.650. The van der Waals surface area contributed by atoms with Gasteiger partial charge < -0.3 is 15.2 Å². The summed E-state index contributed by atoms with van der Waals surface area (Å²) in [6, 6.07) is 15.0. The minimum absolute atomic E-state index is 0.0568. The Morgan fingerprint density at radius 3 is 2.69 bits per heavy atom. The Morgan fingerprint density at radius 2 is 1.93 bits per heavy atom. The van der Waals surface area contributed by atoms with Crippen LogP contribution in [0.2, 0.25) is 0 Å². The largest absolute Gasteiger partial charge is 0.354 e.